The van der Waals surface area contributed by atoms with E-state index < -0.39 is 0 Å². The summed E-state index contributed by atoms with van der Waals surface area (Å²) in [5.74, 6) is 0.0880. The van der Waals surface area contributed by atoms with Crippen molar-refractivity contribution < 1.29 is 9.36 Å². The minimum atomic E-state index is 0.0880. The molecular formula is C9H8NO+. The number of allylic oxidation sites excluding steroid dienone is 1. The van der Waals surface area contributed by atoms with Gasteiger partial charge in [0.1, 0.15) is 0 Å². The van der Waals surface area contributed by atoms with E-state index in [9.17, 15) is 4.79 Å². The molecule has 0 amide bonds. The van der Waals surface area contributed by atoms with Crippen LogP contribution in [0.5, 0.6) is 0 Å². The highest BCUT2D eigenvalue weighted by atomic mass is 16.1. The topological polar surface area (TPSA) is 20.9 Å². The molecule has 0 atom stereocenters. The van der Waals surface area contributed by atoms with E-state index in [4.69, 9.17) is 0 Å². The molecule has 0 saturated heterocycles. The molecule has 54 valence electrons. The normalized spacial score (nSPS) is 13.7. The van der Waals surface area contributed by atoms with Gasteiger partial charge in [0, 0.05) is 11.6 Å². The van der Waals surface area contributed by atoms with E-state index in [0.717, 1.165) is 11.3 Å². The first-order valence-corrected chi connectivity index (χ1v) is 3.52. The molecule has 2 rings (SSSR count). The van der Waals surface area contributed by atoms with Gasteiger partial charge in [-0.3, -0.25) is 4.79 Å². The van der Waals surface area contributed by atoms with Crippen molar-refractivity contribution in [3.63, 3.8) is 0 Å². The van der Waals surface area contributed by atoms with Crippen molar-refractivity contribution in [1.29, 1.82) is 0 Å². The van der Waals surface area contributed by atoms with Gasteiger partial charge < -0.3 is 0 Å². The molecule has 0 bridgehead atoms. The molecular weight excluding hydrogens is 138 g/mol. The van der Waals surface area contributed by atoms with E-state index >= 15 is 0 Å². The quantitative estimate of drug-likeness (QED) is 0.499. The summed E-state index contributed by atoms with van der Waals surface area (Å²) in [6, 6.07) is 3.79. The Morgan fingerprint density at radius 2 is 2.18 bits per heavy atom. The molecule has 1 aliphatic heterocycles. The van der Waals surface area contributed by atoms with Crippen molar-refractivity contribution >= 4 is 12.0 Å². The summed E-state index contributed by atoms with van der Waals surface area (Å²) in [7, 11) is 0. The molecule has 0 aliphatic carbocycles. The minimum Gasteiger partial charge on any atom is -0.282 e. The van der Waals surface area contributed by atoms with E-state index in [0.29, 0.717) is 0 Å². The number of ketones is 1. The van der Waals surface area contributed by atoms with Gasteiger partial charge in [-0.25, -0.2) is 0 Å². The van der Waals surface area contributed by atoms with Gasteiger partial charge in [-0.2, -0.15) is 4.57 Å². The zero-order valence-electron chi connectivity index (χ0n) is 6.24. The highest BCUT2D eigenvalue weighted by Gasteiger charge is 2.21. The molecule has 11 heavy (non-hydrogen) atoms. The summed E-state index contributed by atoms with van der Waals surface area (Å²) in [6.45, 7) is 2.00. The maximum atomic E-state index is 11.1. The Balaban J connectivity index is 2.66. The maximum absolute atomic E-state index is 11.1. The van der Waals surface area contributed by atoms with Crippen molar-refractivity contribution in [3.8, 4) is 0 Å². The first kappa shape index (κ1) is 6.28. The zero-order valence-corrected chi connectivity index (χ0v) is 6.24. The highest BCUT2D eigenvalue weighted by molar-refractivity contribution is 6.05. The largest absolute Gasteiger partial charge is 0.282 e. The number of hydrogen-bond acceptors (Lipinski definition) is 1. The molecule has 2 nitrogen and oxygen atoms in total. The van der Waals surface area contributed by atoms with Crippen LogP contribution in [-0.2, 0) is 0 Å². The van der Waals surface area contributed by atoms with Crippen LogP contribution in [0.25, 0.3) is 6.20 Å². The third kappa shape index (κ3) is 0.871. The molecule has 1 aromatic rings. The number of rotatable bonds is 0. The molecule has 0 unspecified atom stereocenters. The molecule has 0 saturated carbocycles. The van der Waals surface area contributed by atoms with Crippen LogP contribution in [0.4, 0.5) is 0 Å². The molecule has 1 aliphatic rings. The van der Waals surface area contributed by atoms with Gasteiger partial charge in [0.15, 0.2) is 12.4 Å². The first-order valence-electron chi connectivity index (χ1n) is 3.52. The predicted octanol–water partition coefficient (Wildman–Crippen LogP) is 0.950. The number of carbonyl (C=O) groups is 1. The van der Waals surface area contributed by atoms with Crippen molar-refractivity contribution in [2.24, 2.45) is 0 Å². The lowest BCUT2D eigenvalue weighted by atomic mass is 10.2. The van der Waals surface area contributed by atoms with Gasteiger partial charge in [-0.15, -0.1) is 0 Å². The molecule has 1 aromatic heterocycles. The fourth-order valence-corrected chi connectivity index (χ4v) is 1.19. The smallest absolute Gasteiger partial charge is 0.258 e. The number of aryl methyl sites for hydroxylation is 1. The molecule has 2 heteroatoms. The number of pyridine rings is 1. The predicted molar refractivity (Wildman–Crippen MR) is 41.0 cm³/mol. The van der Waals surface area contributed by atoms with Crippen molar-refractivity contribution in [3.05, 3.63) is 35.7 Å². The average Bonchev–Trinajstić information content (AvgIpc) is 2.32. The maximum Gasteiger partial charge on any atom is 0.258 e. The summed E-state index contributed by atoms with van der Waals surface area (Å²) >= 11 is 0. The number of hydrogen-bond donors (Lipinski definition) is 0. The van der Waals surface area contributed by atoms with Gasteiger partial charge in [0.05, 0.1) is 6.08 Å². The van der Waals surface area contributed by atoms with Crippen LogP contribution in [-0.4, -0.2) is 5.78 Å². The number of fused-ring (bicyclic) bond motifs is 1. The van der Waals surface area contributed by atoms with Crippen LogP contribution in [0.15, 0.2) is 24.4 Å². The van der Waals surface area contributed by atoms with Crippen LogP contribution in [0, 0.1) is 6.92 Å². The summed E-state index contributed by atoms with van der Waals surface area (Å²) < 4.78 is 1.84. The van der Waals surface area contributed by atoms with Gasteiger partial charge in [0.2, 0.25) is 0 Å². The number of nitrogens with zero attached hydrogens (tertiary/aromatic N) is 1. The van der Waals surface area contributed by atoms with Crippen LogP contribution in [0.1, 0.15) is 16.1 Å². The fourth-order valence-electron chi connectivity index (χ4n) is 1.19. The second-order valence-electron chi connectivity index (χ2n) is 2.68. The molecule has 0 N–H and O–H groups in total. The van der Waals surface area contributed by atoms with Crippen molar-refractivity contribution in [2.45, 2.75) is 6.92 Å². The summed E-state index contributed by atoms with van der Waals surface area (Å²) in [6.07, 6.45) is 5.30. The molecule has 0 aromatic carbocycles. The lowest BCUT2D eigenvalue weighted by Gasteiger charge is -1.90. The molecule has 0 radical (unpaired) electrons. The summed E-state index contributed by atoms with van der Waals surface area (Å²) in [4.78, 5) is 11.1. The van der Waals surface area contributed by atoms with Gasteiger partial charge in [-0.05, 0) is 13.0 Å². The van der Waals surface area contributed by atoms with Crippen molar-refractivity contribution in [1.82, 2.24) is 0 Å². The van der Waals surface area contributed by atoms with Gasteiger partial charge in [-0.1, -0.05) is 0 Å². The highest BCUT2D eigenvalue weighted by Crippen LogP contribution is 2.03. The number of carbonyl (C=O) groups excluding carboxylic acids is 1. The molecule has 0 fully saturated rings. The zero-order chi connectivity index (χ0) is 7.84. The lowest BCUT2D eigenvalue weighted by molar-refractivity contribution is -0.567. The van der Waals surface area contributed by atoms with Crippen LogP contribution >= 0.6 is 0 Å². The average molecular weight is 146 g/mol. The monoisotopic (exact) mass is 146 g/mol. The lowest BCUT2D eigenvalue weighted by Crippen LogP contribution is -2.29. The third-order valence-electron chi connectivity index (χ3n) is 1.76. The molecule has 2 heterocycles. The Bertz CT molecular complexity index is 353. The Morgan fingerprint density at radius 1 is 1.36 bits per heavy atom. The minimum absolute atomic E-state index is 0.0880. The Kier molecular flexibility index (Phi) is 1.15. The van der Waals surface area contributed by atoms with E-state index in [-0.39, 0.29) is 5.78 Å². The second-order valence-corrected chi connectivity index (χ2v) is 2.68. The Morgan fingerprint density at radius 3 is 3.00 bits per heavy atom. The van der Waals surface area contributed by atoms with E-state index in [1.165, 1.54) is 0 Å². The van der Waals surface area contributed by atoms with E-state index in [1.807, 2.05) is 29.8 Å². The third-order valence-corrected chi connectivity index (χ3v) is 1.76. The molecule has 0 spiro atoms. The van der Waals surface area contributed by atoms with Crippen LogP contribution in [0.3, 0.4) is 0 Å². The second kappa shape index (κ2) is 2.02. The van der Waals surface area contributed by atoms with Crippen molar-refractivity contribution in [2.75, 3.05) is 0 Å². The van der Waals surface area contributed by atoms with Gasteiger partial charge in [0.25, 0.3) is 11.5 Å². The van der Waals surface area contributed by atoms with E-state index in [1.54, 1.807) is 12.3 Å². The fraction of sp³-hybridized carbons (Fsp3) is 0.111. The Labute approximate surface area is 64.8 Å². The summed E-state index contributed by atoms with van der Waals surface area (Å²) in [5.41, 5.74) is 1.91. The van der Waals surface area contributed by atoms with E-state index in [2.05, 4.69) is 0 Å². The standard InChI is InChI=1S/C9H8NO/c1-7-2-3-8-9(11)4-5-10(8)6-7/h2-6H,1H3/q+1. The Hall–Kier alpha value is -1.44. The first-order chi connectivity index (χ1) is 5.27. The summed E-state index contributed by atoms with van der Waals surface area (Å²) in [5, 5.41) is 0. The SMILES string of the molecule is Cc1ccc2[n+](c1)C=CC2=O. The van der Waals surface area contributed by atoms with Crippen LogP contribution < -0.4 is 4.57 Å². The number of aromatic nitrogens is 1. The van der Waals surface area contributed by atoms with Crippen LogP contribution in [0.2, 0.25) is 0 Å². The van der Waals surface area contributed by atoms with Gasteiger partial charge >= 0.3 is 0 Å².